The molecule has 0 saturated carbocycles. The lowest BCUT2D eigenvalue weighted by molar-refractivity contribution is -0.134. The molecule has 0 aromatic carbocycles. The van der Waals surface area contributed by atoms with Crippen LogP contribution in [0.15, 0.2) is 12.2 Å². The van der Waals surface area contributed by atoms with Crippen LogP contribution in [0.25, 0.3) is 0 Å². The van der Waals surface area contributed by atoms with Gasteiger partial charge >= 0.3 is 11.9 Å². The standard InChI is InChI=1S/C4H4O4.C2H5Cl/c5-3(6)1-2-4(7)8;1-2-3/h1-2H,(H,5,6)(H,7,8);2H2,1H3/b2-1+;. The van der Waals surface area contributed by atoms with Gasteiger partial charge in [0.2, 0.25) is 0 Å². The second kappa shape index (κ2) is 8.97. The van der Waals surface area contributed by atoms with E-state index in [2.05, 4.69) is 0 Å². The lowest BCUT2D eigenvalue weighted by atomic mass is 10.5. The molecular formula is C6H9ClO4. The molecule has 0 radical (unpaired) electrons. The molecular weight excluding hydrogens is 172 g/mol. The highest BCUT2D eigenvalue weighted by Gasteiger charge is 1.88. The average molecular weight is 181 g/mol. The first-order valence-electron chi connectivity index (χ1n) is 2.74. The van der Waals surface area contributed by atoms with Crippen molar-refractivity contribution >= 4 is 23.5 Å². The number of hydrogen-bond acceptors (Lipinski definition) is 2. The number of alkyl halides is 1. The molecule has 0 rings (SSSR count). The molecule has 0 saturated heterocycles. The van der Waals surface area contributed by atoms with Gasteiger partial charge in [-0.15, -0.1) is 11.6 Å². The van der Waals surface area contributed by atoms with Crippen LogP contribution in [0.3, 0.4) is 0 Å². The van der Waals surface area contributed by atoms with Gasteiger partial charge in [0.15, 0.2) is 0 Å². The molecule has 0 atom stereocenters. The molecule has 0 aliphatic carbocycles. The predicted molar refractivity (Wildman–Crippen MR) is 40.8 cm³/mol. The van der Waals surface area contributed by atoms with E-state index in [-0.39, 0.29) is 0 Å². The van der Waals surface area contributed by atoms with Gasteiger partial charge in [-0.25, -0.2) is 9.59 Å². The summed E-state index contributed by atoms with van der Waals surface area (Å²) in [5.41, 5.74) is 0. The van der Waals surface area contributed by atoms with Gasteiger partial charge in [0.25, 0.3) is 0 Å². The summed E-state index contributed by atoms with van der Waals surface area (Å²) in [6.07, 6.45) is 1.12. The van der Waals surface area contributed by atoms with E-state index >= 15 is 0 Å². The van der Waals surface area contributed by atoms with Gasteiger partial charge in [-0.2, -0.15) is 0 Å². The van der Waals surface area contributed by atoms with Crippen molar-refractivity contribution in [1.82, 2.24) is 0 Å². The van der Waals surface area contributed by atoms with Gasteiger partial charge in [-0.1, -0.05) is 6.92 Å². The van der Waals surface area contributed by atoms with Gasteiger partial charge in [0.05, 0.1) is 0 Å². The fraction of sp³-hybridized carbons (Fsp3) is 0.333. The van der Waals surface area contributed by atoms with Crippen LogP contribution in [-0.4, -0.2) is 28.0 Å². The topological polar surface area (TPSA) is 74.6 Å². The zero-order valence-corrected chi connectivity index (χ0v) is 6.71. The Hall–Kier alpha value is -1.03. The SMILES string of the molecule is CCCl.O=C(O)/C=C/C(=O)O. The maximum absolute atomic E-state index is 9.55. The Labute approximate surface area is 69.1 Å². The highest BCUT2D eigenvalue weighted by Crippen LogP contribution is 1.70. The largest absolute Gasteiger partial charge is 0.478 e. The molecule has 0 unspecified atom stereocenters. The van der Waals surface area contributed by atoms with Crippen LogP contribution in [-0.2, 0) is 9.59 Å². The van der Waals surface area contributed by atoms with Crippen molar-refractivity contribution in [2.75, 3.05) is 5.88 Å². The van der Waals surface area contributed by atoms with E-state index in [9.17, 15) is 9.59 Å². The second-order valence-corrected chi connectivity index (χ2v) is 1.81. The summed E-state index contributed by atoms with van der Waals surface area (Å²) < 4.78 is 0. The van der Waals surface area contributed by atoms with Gasteiger partial charge in [-0.05, 0) is 0 Å². The Morgan fingerprint density at radius 1 is 1.27 bits per heavy atom. The van der Waals surface area contributed by atoms with E-state index in [4.69, 9.17) is 21.8 Å². The van der Waals surface area contributed by atoms with Crippen LogP contribution in [0.4, 0.5) is 0 Å². The summed E-state index contributed by atoms with van der Waals surface area (Å²) in [6, 6.07) is 0. The number of halogens is 1. The van der Waals surface area contributed by atoms with Crippen molar-refractivity contribution in [2.45, 2.75) is 6.92 Å². The number of carboxylic acids is 2. The fourth-order valence-corrected chi connectivity index (χ4v) is 0.143. The third-order valence-electron chi connectivity index (χ3n) is 0.368. The fourth-order valence-electron chi connectivity index (χ4n) is 0.143. The molecule has 0 aromatic rings. The molecule has 0 fully saturated rings. The first-order valence-corrected chi connectivity index (χ1v) is 3.28. The first kappa shape index (κ1) is 12.6. The number of hydrogen-bond donors (Lipinski definition) is 2. The van der Waals surface area contributed by atoms with Gasteiger partial charge in [-0.3, -0.25) is 0 Å². The van der Waals surface area contributed by atoms with E-state index in [1.807, 2.05) is 6.92 Å². The number of carbonyl (C=O) groups is 2. The third-order valence-corrected chi connectivity index (χ3v) is 0.368. The molecule has 5 heteroatoms. The monoisotopic (exact) mass is 180 g/mol. The minimum absolute atomic E-state index is 0.558. The van der Waals surface area contributed by atoms with E-state index in [1.54, 1.807) is 0 Å². The average Bonchev–Trinajstić information content (AvgIpc) is 1.85. The quantitative estimate of drug-likeness (QED) is 0.490. The lowest BCUT2D eigenvalue weighted by Crippen LogP contribution is -1.91. The first-order chi connectivity index (χ1) is 5.04. The van der Waals surface area contributed by atoms with Crippen molar-refractivity contribution in [1.29, 1.82) is 0 Å². The molecule has 0 aromatic heterocycles. The third kappa shape index (κ3) is 27.6. The Morgan fingerprint density at radius 2 is 1.45 bits per heavy atom. The molecule has 0 amide bonds. The Balaban J connectivity index is 0. The van der Waals surface area contributed by atoms with Crippen LogP contribution < -0.4 is 0 Å². The van der Waals surface area contributed by atoms with Crippen molar-refractivity contribution in [2.24, 2.45) is 0 Å². The molecule has 4 nitrogen and oxygen atoms in total. The van der Waals surface area contributed by atoms with Crippen LogP contribution in [0, 0.1) is 0 Å². The molecule has 2 N–H and O–H groups in total. The van der Waals surface area contributed by atoms with Crippen LogP contribution in [0.5, 0.6) is 0 Å². The van der Waals surface area contributed by atoms with Crippen LogP contribution in [0.2, 0.25) is 0 Å². The second-order valence-electron chi connectivity index (χ2n) is 1.28. The summed E-state index contributed by atoms with van der Waals surface area (Å²) >= 11 is 5.00. The Morgan fingerprint density at radius 3 is 1.55 bits per heavy atom. The lowest BCUT2D eigenvalue weighted by Gasteiger charge is -1.74. The highest BCUT2D eigenvalue weighted by molar-refractivity contribution is 6.17. The van der Waals surface area contributed by atoms with Crippen molar-refractivity contribution in [3.63, 3.8) is 0 Å². The summed E-state index contributed by atoms with van der Waals surface area (Å²) in [7, 11) is 0. The van der Waals surface area contributed by atoms with Crippen molar-refractivity contribution < 1.29 is 19.8 Å². The highest BCUT2D eigenvalue weighted by atomic mass is 35.5. The molecule has 0 aliphatic heterocycles. The predicted octanol–water partition coefficient (Wildman–Crippen LogP) is 0.957. The van der Waals surface area contributed by atoms with Crippen LogP contribution in [0.1, 0.15) is 6.92 Å². The van der Waals surface area contributed by atoms with E-state index < -0.39 is 11.9 Å². The molecule has 0 spiro atoms. The number of rotatable bonds is 2. The summed E-state index contributed by atoms with van der Waals surface area (Å²) in [4.78, 5) is 19.1. The van der Waals surface area contributed by atoms with E-state index in [0.717, 1.165) is 5.88 Å². The normalized spacial score (nSPS) is 8.55. The maximum Gasteiger partial charge on any atom is 0.328 e. The molecule has 64 valence electrons. The van der Waals surface area contributed by atoms with Gasteiger partial charge < -0.3 is 10.2 Å². The molecule has 0 aliphatic rings. The van der Waals surface area contributed by atoms with Gasteiger partial charge in [0, 0.05) is 18.0 Å². The summed E-state index contributed by atoms with van der Waals surface area (Å²) in [5.74, 6) is -1.79. The molecule has 0 heterocycles. The van der Waals surface area contributed by atoms with Crippen LogP contribution >= 0.6 is 11.6 Å². The smallest absolute Gasteiger partial charge is 0.328 e. The Bertz CT molecular complexity index is 137. The van der Waals surface area contributed by atoms with Crippen molar-refractivity contribution in [3.05, 3.63) is 12.2 Å². The van der Waals surface area contributed by atoms with Crippen molar-refractivity contribution in [3.8, 4) is 0 Å². The zero-order chi connectivity index (χ0) is 9.28. The summed E-state index contributed by atoms with van der Waals surface area (Å²) in [5, 5.41) is 15.6. The molecule has 0 bridgehead atoms. The van der Waals surface area contributed by atoms with Gasteiger partial charge in [0.1, 0.15) is 0 Å². The Kier molecular flexibility index (Phi) is 10.3. The minimum Gasteiger partial charge on any atom is -0.478 e. The van der Waals surface area contributed by atoms with E-state index in [0.29, 0.717) is 12.2 Å². The van der Waals surface area contributed by atoms with E-state index in [1.165, 1.54) is 0 Å². The minimum atomic E-state index is -1.26. The maximum atomic E-state index is 9.55. The zero-order valence-electron chi connectivity index (χ0n) is 5.95. The number of aliphatic carboxylic acids is 2. The number of carboxylic acid groups (broad SMARTS) is 2. The summed E-state index contributed by atoms with van der Waals surface area (Å²) in [6.45, 7) is 1.89. The molecule has 11 heavy (non-hydrogen) atoms.